The van der Waals surface area contributed by atoms with Gasteiger partial charge in [0, 0.05) is 22.7 Å². The van der Waals surface area contributed by atoms with Crippen molar-refractivity contribution in [3.63, 3.8) is 0 Å². The Bertz CT molecular complexity index is 805. The number of carbonyl (C=O) groups excluding carboxylic acids is 2. The third kappa shape index (κ3) is 6.90. The Hall–Kier alpha value is -2.60. The van der Waals surface area contributed by atoms with Gasteiger partial charge >= 0.3 is 5.97 Å². The standard InChI is InChI=1S/C21H22BrNO4/c1-15(21(25)23-13-12-16-6-4-3-5-7-16)27-20(24)11-8-17-14-18(22)9-10-19(17)26-2/h3-11,14-15H,12-13H2,1-2H3,(H,23,25)/b11-8+. The number of hydrogen-bond acceptors (Lipinski definition) is 4. The summed E-state index contributed by atoms with van der Waals surface area (Å²) in [5, 5.41) is 2.77. The van der Waals surface area contributed by atoms with Crippen LogP contribution in [0.25, 0.3) is 6.08 Å². The van der Waals surface area contributed by atoms with E-state index in [1.165, 1.54) is 6.08 Å². The number of amides is 1. The van der Waals surface area contributed by atoms with Crippen molar-refractivity contribution in [2.75, 3.05) is 13.7 Å². The smallest absolute Gasteiger partial charge is 0.331 e. The number of esters is 1. The predicted molar refractivity (Wildman–Crippen MR) is 108 cm³/mol. The fourth-order valence-electron chi connectivity index (χ4n) is 2.38. The normalized spacial score (nSPS) is 11.8. The third-order valence-electron chi connectivity index (χ3n) is 3.81. The number of nitrogens with one attached hydrogen (secondary N) is 1. The van der Waals surface area contributed by atoms with Crippen LogP contribution in [0.3, 0.4) is 0 Å². The van der Waals surface area contributed by atoms with Crippen LogP contribution in [0.5, 0.6) is 5.75 Å². The van der Waals surface area contributed by atoms with Gasteiger partial charge in [-0.15, -0.1) is 0 Å². The van der Waals surface area contributed by atoms with Gasteiger partial charge in [0.15, 0.2) is 6.10 Å². The summed E-state index contributed by atoms with van der Waals surface area (Å²) in [7, 11) is 1.56. The Morgan fingerprint density at radius 1 is 1.19 bits per heavy atom. The van der Waals surface area contributed by atoms with Crippen molar-refractivity contribution < 1.29 is 19.1 Å². The minimum Gasteiger partial charge on any atom is -0.496 e. The van der Waals surface area contributed by atoms with Crippen LogP contribution in [0.1, 0.15) is 18.1 Å². The molecule has 6 heteroatoms. The largest absolute Gasteiger partial charge is 0.496 e. The van der Waals surface area contributed by atoms with E-state index in [1.807, 2.05) is 42.5 Å². The summed E-state index contributed by atoms with van der Waals surface area (Å²) in [4.78, 5) is 24.0. The van der Waals surface area contributed by atoms with Gasteiger partial charge in [-0.3, -0.25) is 4.79 Å². The molecule has 142 valence electrons. The van der Waals surface area contributed by atoms with Crippen molar-refractivity contribution in [3.05, 3.63) is 70.2 Å². The average molecular weight is 432 g/mol. The van der Waals surface area contributed by atoms with Gasteiger partial charge in [-0.05, 0) is 43.2 Å². The lowest BCUT2D eigenvalue weighted by molar-refractivity contribution is -0.150. The first-order chi connectivity index (χ1) is 13.0. The van der Waals surface area contributed by atoms with Crippen LogP contribution >= 0.6 is 15.9 Å². The zero-order chi connectivity index (χ0) is 19.6. The second-order valence-corrected chi connectivity index (χ2v) is 6.74. The van der Waals surface area contributed by atoms with Gasteiger partial charge in [0.25, 0.3) is 5.91 Å². The highest BCUT2D eigenvalue weighted by atomic mass is 79.9. The summed E-state index contributed by atoms with van der Waals surface area (Å²) in [5.74, 6) is -0.288. The molecule has 0 fully saturated rings. The lowest BCUT2D eigenvalue weighted by atomic mass is 10.1. The molecule has 0 aliphatic heterocycles. The molecule has 0 aliphatic rings. The molecule has 0 saturated carbocycles. The third-order valence-corrected chi connectivity index (χ3v) is 4.30. The molecule has 0 aromatic heterocycles. The first kappa shape index (κ1) is 20.7. The Morgan fingerprint density at radius 3 is 2.63 bits per heavy atom. The van der Waals surface area contributed by atoms with Gasteiger partial charge in [-0.1, -0.05) is 46.3 Å². The van der Waals surface area contributed by atoms with Crippen molar-refractivity contribution in [3.8, 4) is 5.75 Å². The summed E-state index contributed by atoms with van der Waals surface area (Å²) in [6.45, 7) is 2.03. The molecule has 0 heterocycles. The molecule has 2 rings (SSSR count). The van der Waals surface area contributed by atoms with Crippen LogP contribution in [0.2, 0.25) is 0 Å². The Balaban J connectivity index is 1.82. The van der Waals surface area contributed by atoms with Crippen molar-refractivity contribution in [2.24, 2.45) is 0 Å². The van der Waals surface area contributed by atoms with E-state index in [4.69, 9.17) is 9.47 Å². The molecule has 27 heavy (non-hydrogen) atoms. The van der Waals surface area contributed by atoms with E-state index >= 15 is 0 Å². The Kier molecular flexibility index (Phi) is 8.07. The molecule has 1 atom stereocenters. The number of halogens is 1. The van der Waals surface area contributed by atoms with E-state index in [1.54, 1.807) is 26.2 Å². The van der Waals surface area contributed by atoms with E-state index in [9.17, 15) is 9.59 Å². The van der Waals surface area contributed by atoms with Crippen LogP contribution in [0.15, 0.2) is 59.1 Å². The van der Waals surface area contributed by atoms with E-state index in [2.05, 4.69) is 21.2 Å². The molecule has 0 radical (unpaired) electrons. The highest BCUT2D eigenvalue weighted by Gasteiger charge is 2.16. The van der Waals surface area contributed by atoms with Gasteiger partial charge in [0.05, 0.1) is 7.11 Å². The van der Waals surface area contributed by atoms with Crippen LogP contribution in [0, 0.1) is 0 Å². The van der Waals surface area contributed by atoms with Gasteiger partial charge in [-0.2, -0.15) is 0 Å². The second-order valence-electron chi connectivity index (χ2n) is 5.83. The second kappa shape index (κ2) is 10.5. The zero-order valence-corrected chi connectivity index (χ0v) is 16.9. The van der Waals surface area contributed by atoms with Crippen molar-refractivity contribution in [2.45, 2.75) is 19.4 Å². The summed E-state index contributed by atoms with van der Waals surface area (Å²) in [5.41, 5.74) is 1.86. The molecule has 2 aromatic carbocycles. The fourth-order valence-corrected chi connectivity index (χ4v) is 2.76. The van der Waals surface area contributed by atoms with Crippen molar-refractivity contribution >= 4 is 33.9 Å². The number of carbonyl (C=O) groups is 2. The summed E-state index contributed by atoms with van der Waals surface area (Å²) in [6, 6.07) is 15.3. The van der Waals surface area contributed by atoms with Crippen LogP contribution in [-0.2, 0) is 20.7 Å². The lowest BCUT2D eigenvalue weighted by Crippen LogP contribution is -2.36. The molecule has 1 N–H and O–H groups in total. The van der Waals surface area contributed by atoms with E-state index < -0.39 is 12.1 Å². The monoisotopic (exact) mass is 431 g/mol. The summed E-state index contributed by atoms with van der Waals surface area (Å²) >= 11 is 3.37. The number of methoxy groups -OCH3 is 1. The molecule has 1 unspecified atom stereocenters. The topological polar surface area (TPSA) is 64.6 Å². The molecule has 0 spiro atoms. The maximum Gasteiger partial charge on any atom is 0.331 e. The summed E-state index contributed by atoms with van der Waals surface area (Å²) < 4.78 is 11.3. The maximum absolute atomic E-state index is 12.0. The van der Waals surface area contributed by atoms with E-state index in [0.29, 0.717) is 12.3 Å². The number of ether oxygens (including phenoxy) is 2. The number of benzene rings is 2. The Labute approximate surface area is 167 Å². The minimum absolute atomic E-state index is 0.326. The van der Waals surface area contributed by atoms with Crippen molar-refractivity contribution in [1.82, 2.24) is 5.32 Å². The van der Waals surface area contributed by atoms with Crippen LogP contribution in [0.4, 0.5) is 0 Å². The molecule has 0 aliphatic carbocycles. The molecular weight excluding hydrogens is 410 g/mol. The molecule has 1 amide bonds. The van der Waals surface area contributed by atoms with Crippen LogP contribution in [-0.4, -0.2) is 31.6 Å². The van der Waals surface area contributed by atoms with Gasteiger partial charge < -0.3 is 14.8 Å². The quantitative estimate of drug-likeness (QED) is 0.510. The predicted octanol–water partition coefficient (Wildman–Crippen LogP) is 3.76. The molecule has 0 bridgehead atoms. The number of hydrogen-bond donors (Lipinski definition) is 1. The molecule has 0 saturated heterocycles. The van der Waals surface area contributed by atoms with Crippen LogP contribution < -0.4 is 10.1 Å². The molecule has 5 nitrogen and oxygen atoms in total. The highest BCUT2D eigenvalue weighted by molar-refractivity contribution is 9.10. The molecular formula is C21H22BrNO4. The zero-order valence-electron chi connectivity index (χ0n) is 15.3. The highest BCUT2D eigenvalue weighted by Crippen LogP contribution is 2.24. The maximum atomic E-state index is 12.0. The van der Waals surface area contributed by atoms with Gasteiger partial charge in [0.1, 0.15) is 5.75 Å². The molecule has 2 aromatic rings. The fraction of sp³-hybridized carbons (Fsp3) is 0.238. The summed E-state index contributed by atoms with van der Waals surface area (Å²) in [6.07, 6.45) is 2.71. The lowest BCUT2D eigenvalue weighted by Gasteiger charge is -2.12. The van der Waals surface area contributed by atoms with E-state index in [-0.39, 0.29) is 5.91 Å². The first-order valence-electron chi connectivity index (χ1n) is 8.53. The minimum atomic E-state index is -0.873. The van der Waals surface area contributed by atoms with Gasteiger partial charge in [0.2, 0.25) is 0 Å². The van der Waals surface area contributed by atoms with Crippen molar-refractivity contribution in [1.29, 1.82) is 0 Å². The average Bonchev–Trinajstić information content (AvgIpc) is 2.67. The van der Waals surface area contributed by atoms with Gasteiger partial charge in [-0.25, -0.2) is 4.79 Å². The van der Waals surface area contributed by atoms with E-state index in [0.717, 1.165) is 22.0 Å². The number of rotatable bonds is 8. The first-order valence-corrected chi connectivity index (χ1v) is 9.32. The SMILES string of the molecule is COc1ccc(Br)cc1/C=C/C(=O)OC(C)C(=O)NCCc1ccccc1. The Morgan fingerprint density at radius 2 is 1.93 bits per heavy atom.